The van der Waals surface area contributed by atoms with E-state index in [4.69, 9.17) is 10.2 Å². The Balaban J connectivity index is 2.00. The van der Waals surface area contributed by atoms with Crippen LogP contribution < -0.4 is 11.1 Å². The van der Waals surface area contributed by atoms with Gasteiger partial charge < -0.3 is 20.4 Å². The summed E-state index contributed by atoms with van der Waals surface area (Å²) in [4.78, 5) is 14.1. The Morgan fingerprint density at radius 3 is 2.88 bits per heavy atom. The van der Waals surface area contributed by atoms with E-state index in [-0.39, 0.29) is 5.91 Å². The van der Waals surface area contributed by atoms with Gasteiger partial charge in [-0.25, -0.2) is 0 Å². The Bertz CT molecular complexity index is 367. The minimum absolute atomic E-state index is 0.00426. The molecule has 2 rings (SSSR count). The normalized spacial score (nSPS) is 20.0. The van der Waals surface area contributed by atoms with Gasteiger partial charge in [0.05, 0.1) is 11.8 Å². The van der Waals surface area contributed by atoms with Crippen molar-refractivity contribution in [3.63, 3.8) is 0 Å². The van der Waals surface area contributed by atoms with Crippen LogP contribution in [0, 0.1) is 0 Å². The molecule has 2 heterocycles. The van der Waals surface area contributed by atoms with E-state index in [1.54, 1.807) is 19.3 Å². The molecule has 0 radical (unpaired) electrons. The first kappa shape index (κ1) is 12.1. The van der Waals surface area contributed by atoms with E-state index in [9.17, 15) is 4.79 Å². The largest absolute Gasteiger partial charge is 0.469 e. The predicted octanol–water partition coefficient (Wildman–Crippen LogP) is -0.0287. The number of nitrogens with zero attached hydrogens (tertiary/aromatic N) is 1. The standard InChI is InChI=1S/C12H19N3O2/c1-12(13,9-10-3-2-8-17-10)11(16)15-6-4-14-5-7-15/h2-3,8,14H,4-7,9,13H2,1H3. The van der Waals surface area contributed by atoms with Gasteiger partial charge in [0.15, 0.2) is 0 Å². The van der Waals surface area contributed by atoms with E-state index in [0.717, 1.165) is 31.9 Å². The minimum atomic E-state index is -0.894. The molecule has 1 atom stereocenters. The lowest BCUT2D eigenvalue weighted by Crippen LogP contribution is -2.58. The zero-order valence-electron chi connectivity index (χ0n) is 10.1. The highest BCUT2D eigenvalue weighted by Crippen LogP contribution is 2.14. The summed E-state index contributed by atoms with van der Waals surface area (Å²) in [6.45, 7) is 4.89. The number of hydrogen-bond donors (Lipinski definition) is 2. The molecule has 1 amide bonds. The molecule has 0 aromatic carbocycles. The Morgan fingerprint density at radius 1 is 1.59 bits per heavy atom. The molecule has 3 N–H and O–H groups in total. The summed E-state index contributed by atoms with van der Waals surface area (Å²) >= 11 is 0. The van der Waals surface area contributed by atoms with Crippen molar-refractivity contribution in [3.8, 4) is 0 Å². The third-order valence-electron chi connectivity index (χ3n) is 3.01. The number of furan rings is 1. The van der Waals surface area contributed by atoms with Crippen LogP contribution in [0.25, 0.3) is 0 Å². The zero-order chi connectivity index (χ0) is 12.3. The highest BCUT2D eigenvalue weighted by atomic mass is 16.3. The van der Waals surface area contributed by atoms with Gasteiger partial charge in [-0.1, -0.05) is 0 Å². The third kappa shape index (κ3) is 2.87. The van der Waals surface area contributed by atoms with Crippen LogP contribution in [0.3, 0.4) is 0 Å². The number of nitrogens with two attached hydrogens (primary N) is 1. The van der Waals surface area contributed by atoms with E-state index in [2.05, 4.69) is 5.32 Å². The van der Waals surface area contributed by atoms with Gasteiger partial charge in [0.25, 0.3) is 0 Å². The molecule has 1 aliphatic rings. The second kappa shape index (κ2) is 4.89. The molecule has 1 aromatic heterocycles. The van der Waals surface area contributed by atoms with Crippen molar-refractivity contribution in [1.82, 2.24) is 10.2 Å². The summed E-state index contributed by atoms with van der Waals surface area (Å²) in [6.07, 6.45) is 2.03. The molecule has 94 valence electrons. The molecular formula is C12H19N3O2. The van der Waals surface area contributed by atoms with Crippen molar-refractivity contribution in [2.45, 2.75) is 18.9 Å². The quantitative estimate of drug-likeness (QED) is 0.774. The van der Waals surface area contributed by atoms with Gasteiger partial charge in [-0.15, -0.1) is 0 Å². The average molecular weight is 237 g/mol. The van der Waals surface area contributed by atoms with Crippen molar-refractivity contribution in [2.24, 2.45) is 5.73 Å². The highest BCUT2D eigenvalue weighted by molar-refractivity contribution is 5.86. The number of nitrogens with one attached hydrogen (secondary N) is 1. The fraction of sp³-hybridized carbons (Fsp3) is 0.583. The summed E-state index contributed by atoms with van der Waals surface area (Å²) < 4.78 is 5.24. The number of carbonyl (C=O) groups excluding carboxylic acids is 1. The molecule has 0 saturated carbocycles. The topological polar surface area (TPSA) is 71.5 Å². The van der Waals surface area contributed by atoms with E-state index in [1.807, 2.05) is 11.0 Å². The third-order valence-corrected chi connectivity index (χ3v) is 3.01. The monoisotopic (exact) mass is 237 g/mol. The molecule has 1 aliphatic heterocycles. The van der Waals surface area contributed by atoms with Crippen LogP contribution in [0.5, 0.6) is 0 Å². The van der Waals surface area contributed by atoms with Crippen molar-refractivity contribution >= 4 is 5.91 Å². The number of rotatable bonds is 3. The van der Waals surface area contributed by atoms with Gasteiger partial charge in [-0.05, 0) is 19.1 Å². The SMILES string of the molecule is CC(N)(Cc1ccco1)C(=O)N1CCNCC1. The summed E-state index contributed by atoms with van der Waals surface area (Å²) in [5.74, 6) is 0.744. The van der Waals surface area contributed by atoms with E-state index < -0.39 is 5.54 Å². The fourth-order valence-corrected chi connectivity index (χ4v) is 2.08. The fourth-order valence-electron chi connectivity index (χ4n) is 2.08. The van der Waals surface area contributed by atoms with Gasteiger partial charge in [-0.2, -0.15) is 0 Å². The Morgan fingerprint density at radius 2 is 2.29 bits per heavy atom. The smallest absolute Gasteiger partial charge is 0.242 e. The first-order valence-corrected chi connectivity index (χ1v) is 5.91. The average Bonchev–Trinajstić information content (AvgIpc) is 2.81. The molecule has 1 fully saturated rings. The van der Waals surface area contributed by atoms with Crippen LogP contribution in [0.4, 0.5) is 0 Å². The molecular weight excluding hydrogens is 218 g/mol. The Labute approximate surface area is 101 Å². The van der Waals surface area contributed by atoms with Gasteiger partial charge >= 0.3 is 0 Å². The summed E-state index contributed by atoms with van der Waals surface area (Å²) in [7, 11) is 0. The summed E-state index contributed by atoms with van der Waals surface area (Å²) in [5, 5.41) is 3.21. The Hall–Kier alpha value is -1.33. The minimum Gasteiger partial charge on any atom is -0.469 e. The van der Waals surface area contributed by atoms with E-state index in [0.29, 0.717) is 6.42 Å². The van der Waals surface area contributed by atoms with Crippen LogP contribution in [0.15, 0.2) is 22.8 Å². The number of hydrogen-bond acceptors (Lipinski definition) is 4. The molecule has 1 aromatic rings. The second-order valence-corrected chi connectivity index (χ2v) is 4.72. The number of amides is 1. The Kier molecular flexibility index (Phi) is 3.49. The molecule has 0 aliphatic carbocycles. The van der Waals surface area contributed by atoms with Gasteiger partial charge in [0.2, 0.25) is 5.91 Å². The number of piperazine rings is 1. The molecule has 1 saturated heterocycles. The van der Waals surface area contributed by atoms with Crippen LogP contribution in [-0.4, -0.2) is 42.5 Å². The zero-order valence-corrected chi connectivity index (χ0v) is 10.1. The first-order chi connectivity index (χ1) is 8.09. The lowest BCUT2D eigenvalue weighted by molar-refractivity contribution is -0.137. The number of carbonyl (C=O) groups is 1. The maximum atomic E-state index is 12.3. The van der Waals surface area contributed by atoms with E-state index >= 15 is 0 Å². The van der Waals surface area contributed by atoms with Crippen LogP contribution in [0.2, 0.25) is 0 Å². The van der Waals surface area contributed by atoms with Gasteiger partial charge in [0, 0.05) is 32.6 Å². The maximum Gasteiger partial charge on any atom is 0.242 e. The summed E-state index contributed by atoms with van der Waals surface area (Å²) in [6, 6.07) is 3.65. The molecule has 0 spiro atoms. The molecule has 5 heteroatoms. The predicted molar refractivity (Wildman–Crippen MR) is 64.5 cm³/mol. The van der Waals surface area contributed by atoms with E-state index in [1.165, 1.54) is 0 Å². The lowest BCUT2D eigenvalue weighted by atomic mass is 9.95. The molecule has 5 nitrogen and oxygen atoms in total. The lowest BCUT2D eigenvalue weighted by Gasteiger charge is -2.34. The first-order valence-electron chi connectivity index (χ1n) is 5.91. The van der Waals surface area contributed by atoms with Crippen molar-refractivity contribution in [1.29, 1.82) is 0 Å². The molecule has 0 bridgehead atoms. The second-order valence-electron chi connectivity index (χ2n) is 4.72. The van der Waals surface area contributed by atoms with Gasteiger partial charge in [-0.3, -0.25) is 4.79 Å². The van der Waals surface area contributed by atoms with Crippen molar-refractivity contribution in [2.75, 3.05) is 26.2 Å². The van der Waals surface area contributed by atoms with Crippen LogP contribution in [0.1, 0.15) is 12.7 Å². The van der Waals surface area contributed by atoms with Gasteiger partial charge in [0.1, 0.15) is 5.76 Å². The molecule has 1 unspecified atom stereocenters. The molecule has 17 heavy (non-hydrogen) atoms. The van der Waals surface area contributed by atoms with Crippen LogP contribution >= 0.6 is 0 Å². The highest BCUT2D eigenvalue weighted by Gasteiger charge is 2.34. The van der Waals surface area contributed by atoms with Crippen molar-refractivity contribution in [3.05, 3.63) is 24.2 Å². The van der Waals surface area contributed by atoms with Crippen LogP contribution in [-0.2, 0) is 11.2 Å². The maximum absolute atomic E-state index is 12.3. The van der Waals surface area contributed by atoms with Crippen molar-refractivity contribution < 1.29 is 9.21 Å². The summed E-state index contributed by atoms with van der Waals surface area (Å²) in [5.41, 5.74) is 5.22.